The molecule has 0 amide bonds. The first kappa shape index (κ1) is 68.8. The molecule has 4 atom stereocenters. The fourth-order valence-corrected chi connectivity index (χ4v) is 8.77. The van der Waals surface area contributed by atoms with Crippen LogP contribution in [0.25, 0.3) is 0 Å². The van der Waals surface area contributed by atoms with E-state index in [0.717, 1.165) is 38.5 Å². The van der Waals surface area contributed by atoms with Crippen LogP contribution in [0, 0.1) is 10.8 Å². The number of ether oxygens (including phenoxy) is 6. The van der Waals surface area contributed by atoms with Gasteiger partial charge < -0.3 is 47.7 Å². The van der Waals surface area contributed by atoms with Crippen molar-refractivity contribution < 1.29 is 93.3 Å². The monoisotopic (exact) mass is 1080 g/mol. The van der Waals surface area contributed by atoms with E-state index in [1.54, 1.807) is 0 Å². The molecule has 0 aromatic carbocycles. The Bertz CT molecular complexity index is 1640. The Labute approximate surface area is 451 Å². The van der Waals surface area contributed by atoms with Gasteiger partial charge in [-0.15, -0.1) is 0 Å². The molecule has 0 aliphatic carbocycles. The third-order valence-corrected chi connectivity index (χ3v) is 14.4. The van der Waals surface area contributed by atoms with Crippen molar-refractivity contribution in [2.75, 3.05) is 52.9 Å². The Kier molecular flexibility index (Phi) is 38.1. The van der Waals surface area contributed by atoms with Gasteiger partial charge in [-0.25, -0.2) is 16.8 Å². The van der Waals surface area contributed by atoms with Gasteiger partial charge in [-0.3, -0.25) is 28.8 Å². The molecule has 408 valence electrons. The maximum atomic E-state index is 12.1. The molecule has 2 aliphatic rings. The van der Waals surface area contributed by atoms with Gasteiger partial charge in [0.1, 0.15) is 59.9 Å². The molecule has 2 N–H and O–H groups in total. The molecule has 0 saturated carbocycles. The van der Waals surface area contributed by atoms with Gasteiger partial charge in [-0.1, -0.05) is 155 Å². The van der Waals surface area contributed by atoms with E-state index in [1.807, 2.05) is 0 Å². The van der Waals surface area contributed by atoms with Crippen LogP contribution in [0.1, 0.15) is 194 Å². The minimum atomic E-state index is -5.13. The summed E-state index contributed by atoms with van der Waals surface area (Å²) in [4.78, 5) is 71.9. The molecule has 2 rings (SSSR count). The second-order valence-electron chi connectivity index (χ2n) is 18.8. The van der Waals surface area contributed by atoms with E-state index < -0.39 is 143 Å². The van der Waals surface area contributed by atoms with Crippen LogP contribution < -0.4 is 0 Å². The summed E-state index contributed by atoms with van der Waals surface area (Å²) in [6.07, 6.45) is 26.4. The Morgan fingerprint density at radius 3 is 1.00 bits per heavy atom. The SMILES string of the molecule is CCCCCCCCCCCCCCC(=O)OCC1(CO)COC(=O)CC(S(=O)(=O)[O-])C(=O)OC1.CCCCCCCCCCCCCCC(=O)OCC1(CO)COC(=O)CC(S(=O)(=O)[O-])C(=O)OC1.[Ca+2]. The number of cyclic esters (lactones) is 4. The van der Waals surface area contributed by atoms with Crippen LogP contribution >= 0.6 is 0 Å². The molecule has 0 aromatic rings. The first-order chi connectivity index (χ1) is 33.3. The number of aliphatic hydroxyl groups is 2. The Hall–Kier alpha value is -2.18. The van der Waals surface area contributed by atoms with Crippen LogP contribution in [-0.2, 0) is 77.4 Å². The Morgan fingerprint density at radius 1 is 0.493 bits per heavy atom. The third-order valence-electron chi connectivity index (χ3n) is 12.3. The van der Waals surface area contributed by atoms with Crippen molar-refractivity contribution in [3.63, 3.8) is 0 Å². The van der Waals surface area contributed by atoms with Gasteiger partial charge in [0.25, 0.3) is 0 Å². The molecule has 2 fully saturated rings. The van der Waals surface area contributed by atoms with Crippen LogP contribution in [0.15, 0.2) is 0 Å². The number of esters is 6. The number of hydrogen-bond donors (Lipinski definition) is 2. The largest absolute Gasteiger partial charge is 2.00 e. The van der Waals surface area contributed by atoms with E-state index in [4.69, 9.17) is 28.4 Å². The van der Waals surface area contributed by atoms with E-state index in [1.165, 1.54) is 103 Å². The minimum absolute atomic E-state index is 0. The molecule has 2 heterocycles. The summed E-state index contributed by atoms with van der Waals surface area (Å²) in [5.41, 5.74) is -2.89. The van der Waals surface area contributed by atoms with E-state index in [0.29, 0.717) is 12.8 Å². The third kappa shape index (κ3) is 32.0. The zero-order valence-electron chi connectivity index (χ0n) is 42.4. The molecule has 20 nitrogen and oxygen atoms in total. The van der Waals surface area contributed by atoms with Crippen molar-refractivity contribution in [3.8, 4) is 0 Å². The van der Waals surface area contributed by atoms with Crippen molar-refractivity contribution in [1.82, 2.24) is 0 Å². The van der Waals surface area contributed by atoms with E-state index in [-0.39, 0.29) is 50.6 Å². The summed E-state index contributed by atoms with van der Waals surface area (Å²) in [5.74, 6) is -6.01. The quantitative estimate of drug-likeness (QED) is 0.0259. The van der Waals surface area contributed by atoms with Crippen LogP contribution in [0.2, 0.25) is 0 Å². The number of rotatable bonds is 34. The maximum absolute atomic E-state index is 12.1. The van der Waals surface area contributed by atoms with E-state index in [2.05, 4.69) is 13.8 Å². The van der Waals surface area contributed by atoms with Gasteiger partial charge in [0, 0.05) is 12.8 Å². The zero-order valence-corrected chi connectivity index (χ0v) is 46.2. The first-order valence-corrected chi connectivity index (χ1v) is 28.3. The summed E-state index contributed by atoms with van der Waals surface area (Å²) in [7, 11) is -10.3. The number of hydrogen-bond acceptors (Lipinski definition) is 20. The summed E-state index contributed by atoms with van der Waals surface area (Å²) < 4.78 is 97.5. The molecule has 23 heteroatoms. The van der Waals surface area contributed by atoms with E-state index >= 15 is 0 Å². The first-order valence-electron chi connectivity index (χ1n) is 25.3. The second kappa shape index (κ2) is 39.3. The summed E-state index contributed by atoms with van der Waals surface area (Å²) in [6, 6.07) is 0. The molecule has 71 heavy (non-hydrogen) atoms. The zero-order chi connectivity index (χ0) is 52.3. The van der Waals surface area contributed by atoms with Crippen LogP contribution in [-0.4, -0.2) is 173 Å². The molecule has 0 spiro atoms. The fourth-order valence-electron chi connectivity index (χ4n) is 7.48. The standard InChI is InChI=1S/2C24H42O10S.Ca/c2*1-2-3-4-5-6-7-8-9-10-11-12-13-14-21(26)32-17-24(16-25)18-33-22(27)15-20(35(29,30)31)23(28)34-19-24;/h2*20,25H,2-19H2,1H3,(H,29,30,31);/q;;+2/p-2. The average molecular weight is 1080 g/mol. The van der Waals surface area contributed by atoms with Gasteiger partial charge in [0.05, 0.1) is 36.9 Å². The molecule has 2 saturated heterocycles. The average Bonchev–Trinajstić information content (AvgIpc) is 3.42. The van der Waals surface area contributed by atoms with Crippen molar-refractivity contribution in [1.29, 1.82) is 0 Å². The fraction of sp³-hybridized carbons (Fsp3) is 0.875. The van der Waals surface area contributed by atoms with E-state index in [9.17, 15) is 64.9 Å². The summed E-state index contributed by atoms with van der Waals surface area (Å²) >= 11 is 0. The molecule has 4 unspecified atom stereocenters. The molecule has 0 aromatic heterocycles. The maximum Gasteiger partial charge on any atom is 2.00 e. The predicted octanol–water partition coefficient (Wildman–Crippen LogP) is 5.63. The molecule has 2 aliphatic heterocycles. The van der Waals surface area contributed by atoms with Gasteiger partial charge in [0.2, 0.25) is 0 Å². The Balaban J connectivity index is 0.00000136. The van der Waals surface area contributed by atoms with Crippen LogP contribution in [0.3, 0.4) is 0 Å². The van der Waals surface area contributed by atoms with Crippen molar-refractivity contribution in [2.45, 2.75) is 204 Å². The molecule has 0 bridgehead atoms. The minimum Gasteiger partial charge on any atom is -0.747 e. The number of carbonyl (C=O) groups is 6. The number of carbonyl (C=O) groups excluding carboxylic acids is 6. The Morgan fingerprint density at radius 2 is 0.746 bits per heavy atom. The smallest absolute Gasteiger partial charge is 0.747 e. The van der Waals surface area contributed by atoms with Crippen molar-refractivity contribution in [2.24, 2.45) is 10.8 Å². The normalized spacial score (nSPS) is 21.1. The molecular weight excluding hydrogens is 1000 g/mol. The molecular formula is C48H82CaO20S2. The van der Waals surface area contributed by atoms with Gasteiger partial charge in [-0.05, 0) is 12.8 Å². The van der Waals surface area contributed by atoms with Gasteiger partial charge >= 0.3 is 73.6 Å². The number of unbranched alkanes of at least 4 members (excludes halogenated alkanes) is 22. The van der Waals surface area contributed by atoms with Crippen molar-refractivity contribution in [3.05, 3.63) is 0 Å². The summed E-state index contributed by atoms with van der Waals surface area (Å²) in [5, 5.41) is 15.1. The summed E-state index contributed by atoms with van der Waals surface area (Å²) in [6.45, 7) is 0.243. The topological polar surface area (TPSA) is 313 Å². The van der Waals surface area contributed by atoms with Gasteiger partial charge in [0.15, 0.2) is 10.5 Å². The van der Waals surface area contributed by atoms with Gasteiger partial charge in [-0.2, -0.15) is 0 Å². The molecule has 0 radical (unpaired) electrons. The number of aliphatic hydroxyl groups excluding tert-OH is 2. The van der Waals surface area contributed by atoms with Crippen LogP contribution in [0.4, 0.5) is 0 Å². The van der Waals surface area contributed by atoms with Crippen molar-refractivity contribution >= 4 is 93.8 Å². The predicted molar refractivity (Wildman–Crippen MR) is 258 cm³/mol. The van der Waals surface area contributed by atoms with Crippen LogP contribution in [0.5, 0.6) is 0 Å². The second-order valence-corrected chi connectivity index (χ2v) is 21.9.